The van der Waals surface area contributed by atoms with Gasteiger partial charge in [0.1, 0.15) is 5.69 Å². The molecule has 1 heterocycles. The van der Waals surface area contributed by atoms with Crippen molar-refractivity contribution in [2.24, 2.45) is 11.8 Å². The standard InChI is InChI=1S/C16H14F3NO2/c1-8-11(4-5-13(20-8)16(17,18)19)15(22)12-7-9-2-3-10(6-9)14(12)21/h4-5,7,9-10H,2-3,6H2,1H3. The first-order chi connectivity index (χ1) is 10.3. The number of halogens is 3. The maximum Gasteiger partial charge on any atom is 0.433 e. The molecule has 1 fully saturated rings. The maximum atomic E-state index is 12.6. The quantitative estimate of drug-likeness (QED) is 0.620. The van der Waals surface area contributed by atoms with E-state index < -0.39 is 17.7 Å². The number of carbonyl (C=O) groups is 2. The summed E-state index contributed by atoms with van der Waals surface area (Å²) in [5.41, 5.74) is -0.866. The lowest BCUT2D eigenvalue weighted by Crippen LogP contribution is -2.24. The number of fused-ring (bicyclic) bond motifs is 2. The van der Waals surface area contributed by atoms with Crippen LogP contribution in [0.25, 0.3) is 0 Å². The molecule has 1 saturated carbocycles. The zero-order valence-corrected chi connectivity index (χ0v) is 11.9. The van der Waals surface area contributed by atoms with Gasteiger partial charge in [0.25, 0.3) is 0 Å². The van der Waals surface area contributed by atoms with Crippen LogP contribution in [0.5, 0.6) is 0 Å². The van der Waals surface area contributed by atoms with Crippen molar-refractivity contribution in [3.05, 3.63) is 40.7 Å². The van der Waals surface area contributed by atoms with Crippen molar-refractivity contribution in [2.45, 2.75) is 32.4 Å². The number of Topliss-reactive ketones (excluding diaryl/α,β-unsaturated/α-hetero) is 2. The molecular weight excluding hydrogens is 295 g/mol. The van der Waals surface area contributed by atoms with Crippen molar-refractivity contribution < 1.29 is 22.8 Å². The van der Waals surface area contributed by atoms with Gasteiger partial charge in [-0.3, -0.25) is 9.59 Å². The molecule has 1 aromatic heterocycles. The molecule has 0 amide bonds. The number of alkyl halides is 3. The third-order valence-electron chi connectivity index (χ3n) is 4.38. The van der Waals surface area contributed by atoms with Crippen molar-refractivity contribution in [1.29, 1.82) is 0 Å². The summed E-state index contributed by atoms with van der Waals surface area (Å²) in [7, 11) is 0. The van der Waals surface area contributed by atoms with E-state index in [4.69, 9.17) is 0 Å². The van der Waals surface area contributed by atoms with E-state index in [9.17, 15) is 22.8 Å². The number of allylic oxidation sites excluding steroid dienone is 2. The van der Waals surface area contributed by atoms with E-state index in [-0.39, 0.29) is 34.4 Å². The molecule has 6 heteroatoms. The van der Waals surface area contributed by atoms with Gasteiger partial charge >= 0.3 is 6.18 Å². The largest absolute Gasteiger partial charge is 0.433 e. The van der Waals surface area contributed by atoms with Gasteiger partial charge in [0.2, 0.25) is 0 Å². The second-order valence-corrected chi connectivity index (χ2v) is 5.87. The van der Waals surface area contributed by atoms with Crippen LogP contribution >= 0.6 is 0 Å². The Morgan fingerprint density at radius 3 is 2.64 bits per heavy atom. The van der Waals surface area contributed by atoms with Gasteiger partial charge in [0.05, 0.1) is 5.57 Å². The molecule has 2 aliphatic carbocycles. The number of aryl methyl sites for hydroxylation is 1. The van der Waals surface area contributed by atoms with Crippen LogP contribution in [0.15, 0.2) is 23.8 Å². The Morgan fingerprint density at radius 1 is 1.27 bits per heavy atom. The minimum absolute atomic E-state index is 0.00792. The first-order valence-corrected chi connectivity index (χ1v) is 7.13. The fourth-order valence-corrected chi connectivity index (χ4v) is 3.24. The number of pyridine rings is 1. The van der Waals surface area contributed by atoms with Gasteiger partial charge in [0.15, 0.2) is 11.6 Å². The maximum absolute atomic E-state index is 12.6. The van der Waals surface area contributed by atoms with Crippen LogP contribution in [-0.2, 0) is 11.0 Å². The van der Waals surface area contributed by atoms with E-state index >= 15 is 0 Å². The molecule has 3 nitrogen and oxygen atoms in total. The third-order valence-corrected chi connectivity index (χ3v) is 4.38. The molecule has 0 aliphatic heterocycles. The molecule has 116 valence electrons. The Balaban J connectivity index is 1.95. The number of ketones is 2. The number of hydrogen-bond donors (Lipinski definition) is 0. The molecular formula is C16H14F3NO2. The summed E-state index contributed by atoms with van der Waals surface area (Å²) in [6.45, 7) is 1.35. The van der Waals surface area contributed by atoms with Crippen molar-refractivity contribution in [2.75, 3.05) is 0 Å². The SMILES string of the molecule is Cc1nc(C(F)(F)F)ccc1C(=O)C1=CC2CCC(C2)C1=O. The van der Waals surface area contributed by atoms with E-state index in [1.807, 2.05) is 0 Å². The number of rotatable bonds is 2. The minimum Gasteiger partial charge on any atom is -0.294 e. The fraction of sp³-hybridized carbons (Fsp3) is 0.438. The monoisotopic (exact) mass is 309 g/mol. The highest BCUT2D eigenvalue weighted by molar-refractivity contribution is 6.27. The van der Waals surface area contributed by atoms with E-state index in [2.05, 4.69) is 4.98 Å². The first kappa shape index (κ1) is 14.9. The van der Waals surface area contributed by atoms with Crippen LogP contribution in [0, 0.1) is 18.8 Å². The lowest BCUT2D eigenvalue weighted by Gasteiger charge is -2.18. The molecule has 2 unspecified atom stereocenters. The number of nitrogens with zero attached hydrogens (tertiary/aromatic N) is 1. The lowest BCUT2D eigenvalue weighted by molar-refractivity contribution is -0.141. The number of aromatic nitrogens is 1. The van der Waals surface area contributed by atoms with Gasteiger partial charge in [0, 0.05) is 17.2 Å². The van der Waals surface area contributed by atoms with Crippen LogP contribution in [0.1, 0.15) is 41.0 Å². The highest BCUT2D eigenvalue weighted by Crippen LogP contribution is 2.39. The van der Waals surface area contributed by atoms with Crippen molar-refractivity contribution >= 4 is 11.6 Å². The predicted molar refractivity (Wildman–Crippen MR) is 72.2 cm³/mol. The molecule has 22 heavy (non-hydrogen) atoms. The highest BCUT2D eigenvalue weighted by Gasteiger charge is 2.39. The van der Waals surface area contributed by atoms with Crippen molar-refractivity contribution in [1.82, 2.24) is 4.98 Å². The van der Waals surface area contributed by atoms with Crippen LogP contribution in [-0.4, -0.2) is 16.6 Å². The third kappa shape index (κ3) is 2.46. The summed E-state index contributed by atoms with van der Waals surface area (Å²) < 4.78 is 37.8. The highest BCUT2D eigenvalue weighted by atomic mass is 19.4. The molecule has 1 aromatic rings. The smallest absolute Gasteiger partial charge is 0.294 e. The summed E-state index contributed by atoms with van der Waals surface area (Å²) in [4.78, 5) is 28.2. The zero-order chi connectivity index (χ0) is 16.1. The molecule has 2 aliphatic rings. The van der Waals surface area contributed by atoms with Gasteiger partial charge in [-0.05, 0) is 44.2 Å². The first-order valence-electron chi connectivity index (χ1n) is 7.13. The Labute approximate surface area is 125 Å². The van der Waals surface area contributed by atoms with Crippen LogP contribution in [0.3, 0.4) is 0 Å². The van der Waals surface area contributed by atoms with Crippen molar-refractivity contribution in [3.63, 3.8) is 0 Å². The predicted octanol–water partition coefficient (Wildman–Crippen LogP) is 3.52. The second-order valence-electron chi connectivity index (χ2n) is 5.87. The summed E-state index contributed by atoms with van der Waals surface area (Å²) >= 11 is 0. The van der Waals surface area contributed by atoms with Gasteiger partial charge in [-0.25, -0.2) is 4.98 Å². The molecule has 0 N–H and O–H groups in total. The Bertz CT molecular complexity index is 691. The van der Waals surface area contributed by atoms with Gasteiger partial charge in [-0.1, -0.05) is 6.08 Å². The summed E-state index contributed by atoms with van der Waals surface area (Å²) in [5.74, 6) is -0.584. The molecule has 0 spiro atoms. The van der Waals surface area contributed by atoms with Crippen LogP contribution < -0.4 is 0 Å². The zero-order valence-electron chi connectivity index (χ0n) is 11.9. The molecule has 0 saturated heterocycles. The van der Waals surface area contributed by atoms with Gasteiger partial charge < -0.3 is 0 Å². The summed E-state index contributed by atoms with van der Waals surface area (Å²) in [6, 6.07) is 1.89. The fourth-order valence-electron chi connectivity index (χ4n) is 3.24. The average Bonchev–Trinajstić information content (AvgIpc) is 2.85. The van der Waals surface area contributed by atoms with E-state index in [0.717, 1.165) is 31.4 Å². The van der Waals surface area contributed by atoms with E-state index in [0.29, 0.717) is 0 Å². The van der Waals surface area contributed by atoms with Crippen LogP contribution in [0.2, 0.25) is 0 Å². The molecule has 2 bridgehead atoms. The minimum atomic E-state index is -4.55. The summed E-state index contributed by atoms with van der Waals surface area (Å²) in [5, 5.41) is 0. The number of hydrogen-bond acceptors (Lipinski definition) is 3. The molecule has 0 radical (unpaired) electrons. The molecule has 2 atom stereocenters. The molecule has 0 aromatic carbocycles. The van der Waals surface area contributed by atoms with Gasteiger partial charge in [-0.2, -0.15) is 13.2 Å². The Hall–Kier alpha value is -1.98. The Kier molecular flexibility index (Phi) is 3.42. The van der Waals surface area contributed by atoms with E-state index in [1.54, 1.807) is 6.08 Å². The second kappa shape index (κ2) is 5.04. The molecule has 3 rings (SSSR count). The van der Waals surface area contributed by atoms with Gasteiger partial charge in [-0.15, -0.1) is 0 Å². The topological polar surface area (TPSA) is 47.0 Å². The number of carbonyl (C=O) groups excluding carboxylic acids is 2. The summed E-state index contributed by atoms with van der Waals surface area (Å²) in [6.07, 6.45) is -0.422. The van der Waals surface area contributed by atoms with Crippen LogP contribution in [0.4, 0.5) is 13.2 Å². The lowest BCUT2D eigenvalue weighted by atomic mass is 9.84. The average molecular weight is 309 g/mol. The van der Waals surface area contributed by atoms with E-state index in [1.165, 1.54) is 6.92 Å². The van der Waals surface area contributed by atoms with Crippen molar-refractivity contribution in [3.8, 4) is 0 Å². The normalized spacial score (nSPS) is 24.4. The Morgan fingerprint density at radius 2 is 2.00 bits per heavy atom.